The second-order valence-electron chi connectivity index (χ2n) is 4.68. The van der Waals surface area contributed by atoms with Crippen LogP contribution in [0.3, 0.4) is 0 Å². The SMILES string of the molecule is NCc1ncccc1S(=O)(=O)NC1COc2ccccc21. The van der Waals surface area contributed by atoms with E-state index >= 15 is 0 Å². The van der Waals surface area contributed by atoms with Crippen molar-refractivity contribution in [1.82, 2.24) is 9.71 Å². The van der Waals surface area contributed by atoms with Crippen molar-refractivity contribution < 1.29 is 13.2 Å². The molecule has 0 radical (unpaired) electrons. The maximum Gasteiger partial charge on any atom is 0.243 e. The molecule has 0 fully saturated rings. The van der Waals surface area contributed by atoms with Gasteiger partial charge >= 0.3 is 0 Å². The van der Waals surface area contributed by atoms with Crippen molar-refractivity contribution in [2.24, 2.45) is 5.73 Å². The molecular weight excluding hydrogens is 290 g/mol. The zero-order valence-corrected chi connectivity index (χ0v) is 12.0. The molecule has 1 atom stereocenters. The van der Waals surface area contributed by atoms with Crippen molar-refractivity contribution in [2.45, 2.75) is 17.5 Å². The van der Waals surface area contributed by atoms with Crippen LogP contribution in [0.2, 0.25) is 0 Å². The van der Waals surface area contributed by atoms with E-state index in [1.165, 1.54) is 12.3 Å². The predicted molar refractivity (Wildman–Crippen MR) is 77.1 cm³/mol. The molecule has 1 unspecified atom stereocenters. The summed E-state index contributed by atoms with van der Waals surface area (Å²) in [6, 6.07) is 10.0. The summed E-state index contributed by atoms with van der Waals surface area (Å²) in [6.07, 6.45) is 1.52. The average molecular weight is 305 g/mol. The normalized spacial score (nSPS) is 17.3. The van der Waals surface area contributed by atoms with Gasteiger partial charge in [-0.05, 0) is 18.2 Å². The van der Waals surface area contributed by atoms with Gasteiger partial charge in [-0.15, -0.1) is 0 Å². The van der Waals surface area contributed by atoms with E-state index in [1.807, 2.05) is 24.3 Å². The standard InChI is InChI=1S/C14H15N3O3S/c15-8-11-14(6-3-7-16-11)21(18,19)17-12-9-20-13-5-2-1-4-10(12)13/h1-7,12,17H,8-9,15H2. The average Bonchev–Trinajstić information content (AvgIpc) is 2.90. The van der Waals surface area contributed by atoms with Crippen molar-refractivity contribution in [2.75, 3.05) is 6.61 Å². The van der Waals surface area contributed by atoms with Gasteiger partial charge in [-0.1, -0.05) is 18.2 Å². The molecule has 0 aliphatic carbocycles. The summed E-state index contributed by atoms with van der Waals surface area (Å²) in [6.45, 7) is 0.339. The quantitative estimate of drug-likeness (QED) is 0.877. The van der Waals surface area contributed by atoms with E-state index in [1.54, 1.807) is 6.07 Å². The number of nitrogens with two attached hydrogens (primary N) is 1. The highest BCUT2D eigenvalue weighted by Gasteiger charge is 2.29. The Hall–Kier alpha value is -1.96. The van der Waals surface area contributed by atoms with E-state index in [0.29, 0.717) is 11.4 Å². The molecule has 0 bridgehead atoms. The van der Waals surface area contributed by atoms with Gasteiger partial charge in [-0.3, -0.25) is 4.98 Å². The fourth-order valence-corrected chi connectivity index (χ4v) is 3.73. The minimum Gasteiger partial charge on any atom is -0.491 e. The van der Waals surface area contributed by atoms with E-state index < -0.39 is 16.1 Å². The number of aromatic nitrogens is 1. The Kier molecular flexibility index (Phi) is 3.62. The Labute approximate surface area is 123 Å². The lowest BCUT2D eigenvalue weighted by Gasteiger charge is -2.14. The number of hydrogen-bond donors (Lipinski definition) is 2. The lowest BCUT2D eigenvalue weighted by atomic mass is 10.1. The van der Waals surface area contributed by atoms with Crippen LogP contribution >= 0.6 is 0 Å². The first-order valence-corrected chi connectivity index (χ1v) is 7.98. The molecule has 1 aliphatic rings. The molecule has 3 N–H and O–H groups in total. The van der Waals surface area contributed by atoms with E-state index in [4.69, 9.17) is 10.5 Å². The minimum atomic E-state index is -3.70. The number of nitrogens with one attached hydrogen (secondary N) is 1. The van der Waals surface area contributed by atoms with Gasteiger partial charge in [-0.2, -0.15) is 4.72 Å². The van der Waals surface area contributed by atoms with Gasteiger partial charge in [0, 0.05) is 18.3 Å². The maximum absolute atomic E-state index is 12.5. The van der Waals surface area contributed by atoms with Crippen LogP contribution in [0.1, 0.15) is 17.3 Å². The molecule has 1 aromatic carbocycles. The minimum absolute atomic E-state index is 0.0643. The Bertz CT molecular complexity index is 762. The molecule has 1 aliphatic heterocycles. The Balaban J connectivity index is 1.91. The van der Waals surface area contributed by atoms with E-state index in [-0.39, 0.29) is 18.0 Å². The summed E-state index contributed by atoms with van der Waals surface area (Å²) in [5, 5.41) is 0. The lowest BCUT2D eigenvalue weighted by molar-refractivity contribution is 0.325. The Morgan fingerprint density at radius 3 is 2.90 bits per heavy atom. The summed E-state index contributed by atoms with van der Waals surface area (Å²) in [5.74, 6) is 0.704. The molecule has 0 saturated carbocycles. The second-order valence-corrected chi connectivity index (χ2v) is 6.36. The predicted octanol–water partition coefficient (Wildman–Crippen LogP) is 0.952. The van der Waals surface area contributed by atoms with Crippen LogP contribution in [0.5, 0.6) is 5.75 Å². The Morgan fingerprint density at radius 1 is 1.29 bits per heavy atom. The van der Waals surface area contributed by atoms with Crippen LogP contribution in [-0.2, 0) is 16.6 Å². The third kappa shape index (κ3) is 2.63. The zero-order valence-electron chi connectivity index (χ0n) is 11.2. The van der Waals surface area contributed by atoms with Gasteiger partial charge in [0.2, 0.25) is 10.0 Å². The fourth-order valence-electron chi connectivity index (χ4n) is 2.33. The zero-order chi connectivity index (χ0) is 14.9. The van der Waals surface area contributed by atoms with Crippen LogP contribution in [0, 0.1) is 0 Å². The molecule has 21 heavy (non-hydrogen) atoms. The topological polar surface area (TPSA) is 94.3 Å². The molecule has 0 spiro atoms. The van der Waals surface area contributed by atoms with Crippen LogP contribution in [0.15, 0.2) is 47.5 Å². The summed E-state index contributed by atoms with van der Waals surface area (Å²) < 4.78 is 33.2. The van der Waals surface area contributed by atoms with Crippen molar-refractivity contribution in [3.8, 4) is 5.75 Å². The van der Waals surface area contributed by atoms with E-state index in [0.717, 1.165) is 5.56 Å². The van der Waals surface area contributed by atoms with Gasteiger partial charge in [0.25, 0.3) is 0 Å². The van der Waals surface area contributed by atoms with Gasteiger partial charge in [0.15, 0.2) is 0 Å². The van der Waals surface area contributed by atoms with Crippen LogP contribution in [-0.4, -0.2) is 20.0 Å². The molecule has 0 saturated heterocycles. The summed E-state index contributed by atoms with van der Waals surface area (Å²) in [5.41, 5.74) is 6.73. The van der Waals surface area contributed by atoms with Gasteiger partial charge in [0.05, 0.1) is 11.7 Å². The number of fused-ring (bicyclic) bond motifs is 1. The van der Waals surface area contributed by atoms with Crippen molar-refractivity contribution in [1.29, 1.82) is 0 Å². The third-order valence-corrected chi connectivity index (χ3v) is 4.87. The highest BCUT2D eigenvalue weighted by atomic mass is 32.2. The second kappa shape index (κ2) is 5.44. The molecule has 110 valence electrons. The first-order valence-electron chi connectivity index (χ1n) is 6.50. The molecule has 2 heterocycles. The first-order chi connectivity index (χ1) is 10.1. The number of ether oxygens (including phenoxy) is 1. The van der Waals surface area contributed by atoms with Gasteiger partial charge in [0.1, 0.15) is 17.3 Å². The molecule has 0 amide bonds. The van der Waals surface area contributed by atoms with Crippen LogP contribution < -0.4 is 15.2 Å². The smallest absolute Gasteiger partial charge is 0.243 e. The number of hydrogen-bond acceptors (Lipinski definition) is 5. The maximum atomic E-state index is 12.5. The highest BCUT2D eigenvalue weighted by Crippen LogP contribution is 2.32. The largest absolute Gasteiger partial charge is 0.491 e. The molecule has 6 nitrogen and oxygen atoms in total. The molecular formula is C14H15N3O3S. The van der Waals surface area contributed by atoms with Crippen LogP contribution in [0.4, 0.5) is 0 Å². The highest BCUT2D eigenvalue weighted by molar-refractivity contribution is 7.89. The molecule has 1 aromatic heterocycles. The number of rotatable bonds is 4. The number of nitrogens with zero attached hydrogens (tertiary/aromatic N) is 1. The lowest BCUT2D eigenvalue weighted by Crippen LogP contribution is -2.30. The number of benzene rings is 1. The monoisotopic (exact) mass is 305 g/mol. The van der Waals surface area contributed by atoms with E-state index in [9.17, 15) is 8.42 Å². The molecule has 2 aromatic rings. The van der Waals surface area contributed by atoms with Gasteiger partial charge in [-0.25, -0.2) is 8.42 Å². The van der Waals surface area contributed by atoms with E-state index in [2.05, 4.69) is 9.71 Å². The van der Waals surface area contributed by atoms with Crippen molar-refractivity contribution >= 4 is 10.0 Å². The third-order valence-electron chi connectivity index (χ3n) is 3.33. The first kappa shape index (κ1) is 14.0. The number of para-hydroxylation sites is 1. The van der Waals surface area contributed by atoms with Crippen molar-refractivity contribution in [3.05, 3.63) is 53.9 Å². The molecule has 7 heteroatoms. The summed E-state index contributed by atoms with van der Waals surface area (Å²) in [4.78, 5) is 4.12. The number of sulfonamides is 1. The van der Waals surface area contributed by atoms with Crippen molar-refractivity contribution in [3.63, 3.8) is 0 Å². The molecule has 3 rings (SSSR count). The fraction of sp³-hybridized carbons (Fsp3) is 0.214. The Morgan fingerprint density at radius 2 is 2.10 bits per heavy atom. The summed E-state index contributed by atoms with van der Waals surface area (Å²) >= 11 is 0. The number of pyridine rings is 1. The van der Waals surface area contributed by atoms with Crippen LogP contribution in [0.25, 0.3) is 0 Å². The van der Waals surface area contributed by atoms with Gasteiger partial charge < -0.3 is 10.5 Å². The summed E-state index contributed by atoms with van der Waals surface area (Å²) in [7, 11) is -3.70.